The summed E-state index contributed by atoms with van der Waals surface area (Å²) in [6.45, 7) is 0. The van der Waals surface area contributed by atoms with E-state index < -0.39 is 0 Å². The van der Waals surface area contributed by atoms with E-state index in [4.69, 9.17) is 4.42 Å². The zero-order valence-electron chi connectivity index (χ0n) is 11.4. The summed E-state index contributed by atoms with van der Waals surface area (Å²) in [7, 11) is 0. The molecule has 110 valence electrons. The van der Waals surface area contributed by atoms with Crippen LogP contribution in [0.3, 0.4) is 0 Å². The van der Waals surface area contributed by atoms with Crippen LogP contribution in [0.2, 0.25) is 0 Å². The molecule has 2 heterocycles. The second-order valence-corrected chi connectivity index (χ2v) is 5.41. The van der Waals surface area contributed by atoms with Gasteiger partial charge in [0, 0.05) is 10.2 Å². The van der Waals surface area contributed by atoms with Crippen molar-refractivity contribution in [3.63, 3.8) is 0 Å². The summed E-state index contributed by atoms with van der Waals surface area (Å²) < 4.78 is 6.02. The van der Waals surface area contributed by atoms with Crippen molar-refractivity contribution in [1.29, 1.82) is 0 Å². The predicted octanol–water partition coefficient (Wildman–Crippen LogP) is 4.43. The number of benzene rings is 1. The molecular weight excluding hydrogens is 346 g/mol. The molecule has 0 aliphatic heterocycles. The van der Waals surface area contributed by atoms with Gasteiger partial charge in [-0.1, -0.05) is 22.0 Å². The monoisotopic (exact) mass is 357 g/mol. The van der Waals surface area contributed by atoms with E-state index >= 15 is 0 Å². The predicted molar refractivity (Wildman–Crippen MR) is 88.3 cm³/mol. The van der Waals surface area contributed by atoms with Crippen molar-refractivity contribution in [3.05, 3.63) is 71.2 Å². The number of pyridine rings is 1. The maximum atomic E-state index is 11.8. The molecule has 3 aromatic rings. The molecule has 0 atom stereocenters. The van der Waals surface area contributed by atoms with Crippen molar-refractivity contribution in [2.75, 3.05) is 10.6 Å². The molecule has 2 aromatic heterocycles. The number of anilines is 3. The molecule has 1 amide bonds. The third kappa shape index (κ3) is 3.53. The van der Waals surface area contributed by atoms with Crippen molar-refractivity contribution in [2.24, 2.45) is 0 Å². The zero-order valence-corrected chi connectivity index (χ0v) is 13.0. The number of hydrogen-bond acceptors (Lipinski definition) is 4. The molecule has 22 heavy (non-hydrogen) atoms. The summed E-state index contributed by atoms with van der Waals surface area (Å²) in [6, 6.07) is 14.6. The highest BCUT2D eigenvalue weighted by Gasteiger charge is 2.08. The maximum Gasteiger partial charge on any atom is 0.291 e. The molecule has 5 nitrogen and oxygen atoms in total. The van der Waals surface area contributed by atoms with Gasteiger partial charge in [0.1, 0.15) is 5.82 Å². The van der Waals surface area contributed by atoms with Crippen LogP contribution in [0.25, 0.3) is 0 Å². The molecule has 0 spiro atoms. The topological polar surface area (TPSA) is 67.2 Å². The van der Waals surface area contributed by atoms with E-state index in [0.717, 1.165) is 10.2 Å². The smallest absolute Gasteiger partial charge is 0.291 e. The Hall–Kier alpha value is -2.60. The minimum Gasteiger partial charge on any atom is -0.459 e. The van der Waals surface area contributed by atoms with Crippen LogP contribution in [-0.4, -0.2) is 10.9 Å². The highest BCUT2D eigenvalue weighted by molar-refractivity contribution is 9.10. The van der Waals surface area contributed by atoms with Gasteiger partial charge in [0.25, 0.3) is 5.91 Å². The third-order valence-corrected chi connectivity index (χ3v) is 3.36. The average Bonchev–Trinajstić information content (AvgIpc) is 3.04. The van der Waals surface area contributed by atoms with Crippen molar-refractivity contribution >= 4 is 39.0 Å². The van der Waals surface area contributed by atoms with E-state index in [9.17, 15) is 4.79 Å². The Balaban J connectivity index is 1.66. The van der Waals surface area contributed by atoms with Gasteiger partial charge >= 0.3 is 0 Å². The third-order valence-electron chi connectivity index (χ3n) is 2.86. The van der Waals surface area contributed by atoms with Crippen LogP contribution in [0.15, 0.2) is 69.9 Å². The molecule has 0 aliphatic carbocycles. The van der Waals surface area contributed by atoms with Crippen molar-refractivity contribution < 1.29 is 9.21 Å². The molecule has 6 heteroatoms. The number of carbonyl (C=O) groups is 1. The summed E-state index contributed by atoms with van der Waals surface area (Å²) in [5.41, 5.74) is 1.52. The molecular formula is C16H12BrN3O2. The first kappa shape index (κ1) is 14.3. The van der Waals surface area contributed by atoms with Gasteiger partial charge in [-0.15, -0.1) is 0 Å². The van der Waals surface area contributed by atoms with Crippen LogP contribution in [0.4, 0.5) is 17.2 Å². The lowest BCUT2D eigenvalue weighted by atomic mass is 10.3. The first-order chi connectivity index (χ1) is 10.7. The highest BCUT2D eigenvalue weighted by atomic mass is 79.9. The number of carbonyl (C=O) groups excluding carboxylic acids is 1. The lowest BCUT2D eigenvalue weighted by Gasteiger charge is -2.07. The lowest BCUT2D eigenvalue weighted by Crippen LogP contribution is -2.11. The number of halogens is 1. The van der Waals surface area contributed by atoms with Crippen LogP contribution in [-0.2, 0) is 0 Å². The Labute approximate surface area is 135 Å². The molecule has 0 bridgehead atoms. The second kappa shape index (κ2) is 6.44. The van der Waals surface area contributed by atoms with Crippen molar-refractivity contribution in [2.45, 2.75) is 0 Å². The van der Waals surface area contributed by atoms with Crippen molar-refractivity contribution in [3.8, 4) is 0 Å². The maximum absolute atomic E-state index is 11.8. The Morgan fingerprint density at radius 1 is 1.09 bits per heavy atom. The van der Waals surface area contributed by atoms with Crippen LogP contribution in [0.5, 0.6) is 0 Å². The standard InChI is InChI=1S/C16H12BrN3O2/c17-11-3-1-4-12(9-11)19-15-7-6-13(10-18-15)20-16(21)14-5-2-8-22-14/h1-10H,(H,18,19)(H,20,21). The van der Waals surface area contributed by atoms with Crippen molar-refractivity contribution in [1.82, 2.24) is 4.98 Å². The molecule has 0 radical (unpaired) electrons. The Kier molecular flexibility index (Phi) is 4.20. The molecule has 3 rings (SSSR count). The van der Waals surface area contributed by atoms with Gasteiger partial charge in [0.05, 0.1) is 18.1 Å². The fourth-order valence-corrected chi connectivity index (χ4v) is 2.26. The zero-order chi connectivity index (χ0) is 15.4. The molecule has 0 unspecified atom stereocenters. The highest BCUT2D eigenvalue weighted by Crippen LogP contribution is 2.20. The fraction of sp³-hybridized carbons (Fsp3) is 0. The summed E-state index contributed by atoms with van der Waals surface area (Å²) >= 11 is 3.42. The first-order valence-corrected chi connectivity index (χ1v) is 7.33. The number of nitrogens with one attached hydrogen (secondary N) is 2. The first-order valence-electron chi connectivity index (χ1n) is 6.54. The normalized spacial score (nSPS) is 10.2. The summed E-state index contributed by atoms with van der Waals surface area (Å²) in [5.74, 6) is 0.643. The summed E-state index contributed by atoms with van der Waals surface area (Å²) in [4.78, 5) is 16.1. The fourth-order valence-electron chi connectivity index (χ4n) is 1.86. The largest absolute Gasteiger partial charge is 0.459 e. The van der Waals surface area contributed by atoms with Gasteiger partial charge in [-0.2, -0.15) is 0 Å². The number of furan rings is 1. The van der Waals surface area contributed by atoms with E-state index in [1.165, 1.54) is 6.26 Å². The van der Waals surface area contributed by atoms with Gasteiger partial charge < -0.3 is 15.1 Å². The second-order valence-electron chi connectivity index (χ2n) is 4.50. The molecule has 2 N–H and O–H groups in total. The SMILES string of the molecule is O=C(Nc1ccc(Nc2cccc(Br)c2)nc1)c1ccco1. The number of rotatable bonds is 4. The van der Waals surface area contributed by atoms with Crippen LogP contribution in [0.1, 0.15) is 10.6 Å². The number of nitrogens with zero attached hydrogens (tertiary/aromatic N) is 1. The van der Waals surface area contributed by atoms with Gasteiger partial charge in [0.2, 0.25) is 0 Å². The van der Waals surface area contributed by atoms with E-state index in [0.29, 0.717) is 11.5 Å². The Bertz CT molecular complexity index is 770. The molecule has 0 saturated heterocycles. The van der Waals surface area contributed by atoms with Gasteiger partial charge in [-0.25, -0.2) is 4.98 Å². The van der Waals surface area contributed by atoms with Gasteiger partial charge in [-0.05, 0) is 42.5 Å². The molecule has 0 aliphatic rings. The lowest BCUT2D eigenvalue weighted by molar-refractivity contribution is 0.0996. The van der Waals surface area contributed by atoms with Crippen LogP contribution >= 0.6 is 15.9 Å². The van der Waals surface area contributed by atoms with E-state index in [1.54, 1.807) is 30.5 Å². The Morgan fingerprint density at radius 3 is 2.68 bits per heavy atom. The van der Waals surface area contributed by atoms with Gasteiger partial charge in [-0.3, -0.25) is 4.79 Å². The van der Waals surface area contributed by atoms with Gasteiger partial charge in [0.15, 0.2) is 5.76 Å². The molecule has 0 saturated carbocycles. The van der Waals surface area contributed by atoms with E-state index in [1.807, 2.05) is 24.3 Å². The molecule has 0 fully saturated rings. The number of aromatic nitrogens is 1. The number of amides is 1. The minimum atomic E-state index is -0.306. The Morgan fingerprint density at radius 2 is 2.00 bits per heavy atom. The average molecular weight is 358 g/mol. The number of hydrogen-bond donors (Lipinski definition) is 2. The minimum absolute atomic E-state index is 0.260. The molecule has 1 aromatic carbocycles. The summed E-state index contributed by atoms with van der Waals surface area (Å²) in [5, 5.41) is 5.89. The van der Waals surface area contributed by atoms with Crippen LogP contribution in [0, 0.1) is 0 Å². The quantitative estimate of drug-likeness (QED) is 0.724. The summed E-state index contributed by atoms with van der Waals surface area (Å²) in [6.07, 6.45) is 3.04. The van der Waals surface area contributed by atoms with E-state index in [2.05, 4.69) is 31.5 Å². The van der Waals surface area contributed by atoms with E-state index in [-0.39, 0.29) is 11.7 Å². The van der Waals surface area contributed by atoms with Crippen LogP contribution < -0.4 is 10.6 Å².